The van der Waals surface area contributed by atoms with Crippen LogP contribution < -0.4 is 0 Å². The lowest BCUT2D eigenvalue weighted by Gasteiger charge is -2.27. The lowest BCUT2D eigenvalue weighted by molar-refractivity contribution is 0.102. The monoisotopic (exact) mass is 211 g/mol. The molecule has 2 heteroatoms. The van der Waals surface area contributed by atoms with Crippen molar-refractivity contribution in [2.45, 2.75) is 49.9 Å². The van der Waals surface area contributed by atoms with E-state index in [1.165, 1.54) is 44.3 Å². The molecule has 0 bridgehead atoms. The molecular weight excluding hydrogens is 192 g/mol. The molecule has 4 atom stereocenters. The molecular formula is C12H19OS+. The van der Waals surface area contributed by atoms with Crippen molar-refractivity contribution in [1.82, 2.24) is 0 Å². The molecule has 3 aliphatic rings. The van der Waals surface area contributed by atoms with Gasteiger partial charge in [0, 0.05) is 11.8 Å². The molecule has 2 fully saturated rings. The van der Waals surface area contributed by atoms with Crippen LogP contribution in [-0.4, -0.2) is 11.4 Å². The van der Waals surface area contributed by atoms with Crippen LogP contribution >= 0.6 is 0 Å². The summed E-state index contributed by atoms with van der Waals surface area (Å²) >= 11 is 3.83. The summed E-state index contributed by atoms with van der Waals surface area (Å²) in [6, 6.07) is 0. The van der Waals surface area contributed by atoms with E-state index in [0.29, 0.717) is 11.4 Å². The first-order valence-electron chi connectivity index (χ1n) is 5.94. The van der Waals surface area contributed by atoms with E-state index >= 15 is 0 Å². The van der Waals surface area contributed by atoms with Crippen molar-refractivity contribution in [2.75, 3.05) is 0 Å². The van der Waals surface area contributed by atoms with Crippen molar-refractivity contribution in [3.63, 3.8) is 0 Å². The zero-order chi connectivity index (χ0) is 9.54. The topological polar surface area (TPSA) is 9.23 Å². The highest BCUT2D eigenvalue weighted by molar-refractivity contribution is 7.59. The standard InChI is InChI=1S/C12H18OS/c14-11-7-3-5-9-8-4-1-2-6-10(8)13-12(9)11/h6,8-9,11-12,14H,1-5,7H2/p+1. The Morgan fingerprint density at radius 1 is 1.21 bits per heavy atom. The second-order valence-electron chi connectivity index (χ2n) is 4.93. The molecule has 78 valence electrons. The summed E-state index contributed by atoms with van der Waals surface area (Å²) in [5.74, 6) is 2.92. The summed E-state index contributed by atoms with van der Waals surface area (Å²) in [5.41, 5.74) is 0. The van der Waals surface area contributed by atoms with E-state index in [2.05, 4.69) is 18.7 Å². The van der Waals surface area contributed by atoms with Crippen LogP contribution in [0.3, 0.4) is 0 Å². The molecule has 0 N–H and O–H groups in total. The largest absolute Gasteiger partial charge is 0.489 e. The second-order valence-corrected chi connectivity index (χ2v) is 5.67. The SMILES string of the molecule is [SH2+]C1CCCC2C3CCCC=C3OC12. The fraction of sp³-hybridized carbons (Fsp3) is 0.833. The van der Waals surface area contributed by atoms with Gasteiger partial charge in [-0.05, 0) is 57.2 Å². The van der Waals surface area contributed by atoms with Gasteiger partial charge in [0.15, 0.2) is 5.25 Å². The van der Waals surface area contributed by atoms with Crippen molar-refractivity contribution < 1.29 is 4.74 Å². The van der Waals surface area contributed by atoms with Gasteiger partial charge in [0.05, 0.1) is 5.76 Å². The Kier molecular flexibility index (Phi) is 2.27. The van der Waals surface area contributed by atoms with Gasteiger partial charge in [0.1, 0.15) is 6.10 Å². The number of fused-ring (bicyclic) bond motifs is 3. The van der Waals surface area contributed by atoms with Crippen molar-refractivity contribution in [3.8, 4) is 0 Å². The Hall–Kier alpha value is -0.110. The third-order valence-electron chi connectivity index (χ3n) is 4.09. The molecule has 4 unspecified atom stereocenters. The highest BCUT2D eigenvalue weighted by Gasteiger charge is 2.48. The predicted molar refractivity (Wildman–Crippen MR) is 61.6 cm³/mol. The normalized spacial score (nSPS) is 46.2. The molecule has 3 rings (SSSR count). The van der Waals surface area contributed by atoms with Gasteiger partial charge >= 0.3 is 0 Å². The number of hydrogen-bond donors (Lipinski definition) is 0. The Bertz CT molecular complexity index is 261. The summed E-state index contributed by atoms with van der Waals surface area (Å²) in [6.45, 7) is 0. The van der Waals surface area contributed by atoms with Crippen LogP contribution in [0.4, 0.5) is 0 Å². The molecule has 0 spiro atoms. The molecule has 0 amide bonds. The van der Waals surface area contributed by atoms with Crippen molar-refractivity contribution in [2.24, 2.45) is 11.8 Å². The van der Waals surface area contributed by atoms with Crippen LogP contribution in [0, 0.1) is 11.8 Å². The van der Waals surface area contributed by atoms with E-state index in [0.717, 1.165) is 11.8 Å². The first kappa shape index (κ1) is 9.14. The summed E-state index contributed by atoms with van der Waals surface area (Å²) in [6.07, 6.45) is 10.8. The van der Waals surface area contributed by atoms with Gasteiger partial charge in [-0.15, -0.1) is 0 Å². The minimum atomic E-state index is 0.481. The molecule has 1 heterocycles. The molecule has 0 aromatic carbocycles. The van der Waals surface area contributed by atoms with E-state index in [9.17, 15) is 0 Å². The maximum atomic E-state index is 6.09. The third kappa shape index (κ3) is 1.30. The van der Waals surface area contributed by atoms with Crippen LogP contribution in [0.5, 0.6) is 0 Å². The fourth-order valence-corrected chi connectivity index (χ4v) is 3.91. The fourth-order valence-electron chi connectivity index (χ4n) is 3.39. The zero-order valence-corrected chi connectivity index (χ0v) is 9.54. The van der Waals surface area contributed by atoms with E-state index in [1.54, 1.807) is 0 Å². The Morgan fingerprint density at radius 2 is 2.14 bits per heavy atom. The average molecular weight is 211 g/mol. The molecule has 2 aliphatic carbocycles. The van der Waals surface area contributed by atoms with Gasteiger partial charge in [-0.25, -0.2) is 0 Å². The molecule has 0 aromatic heterocycles. The molecule has 0 radical (unpaired) electrons. The minimum Gasteiger partial charge on any atom is -0.489 e. The molecule has 14 heavy (non-hydrogen) atoms. The molecule has 1 saturated heterocycles. The smallest absolute Gasteiger partial charge is 0.150 e. The predicted octanol–water partition coefficient (Wildman–Crippen LogP) is 2.25. The van der Waals surface area contributed by atoms with Crippen LogP contribution in [0.2, 0.25) is 0 Å². The van der Waals surface area contributed by atoms with Crippen LogP contribution in [0.1, 0.15) is 38.5 Å². The number of hydrogen-bond acceptors (Lipinski definition) is 1. The van der Waals surface area contributed by atoms with Gasteiger partial charge in [-0.2, -0.15) is 0 Å². The zero-order valence-electron chi connectivity index (χ0n) is 8.54. The van der Waals surface area contributed by atoms with Crippen molar-refractivity contribution >= 4 is 12.6 Å². The van der Waals surface area contributed by atoms with Gasteiger partial charge in [0.2, 0.25) is 0 Å². The summed E-state index contributed by atoms with van der Waals surface area (Å²) in [5, 5.41) is 0.597. The third-order valence-corrected chi connectivity index (χ3v) is 4.71. The number of allylic oxidation sites excluding steroid dienone is 2. The highest BCUT2D eigenvalue weighted by atomic mass is 32.1. The van der Waals surface area contributed by atoms with Gasteiger partial charge in [0.25, 0.3) is 0 Å². The van der Waals surface area contributed by atoms with Crippen LogP contribution in [0.15, 0.2) is 11.8 Å². The Balaban J connectivity index is 1.86. The second kappa shape index (κ2) is 3.48. The first-order valence-corrected chi connectivity index (χ1v) is 6.52. The lowest BCUT2D eigenvalue weighted by atomic mass is 9.76. The van der Waals surface area contributed by atoms with Crippen LogP contribution in [-0.2, 0) is 17.4 Å². The summed E-state index contributed by atoms with van der Waals surface area (Å²) in [4.78, 5) is 0. The van der Waals surface area contributed by atoms with E-state index < -0.39 is 0 Å². The van der Waals surface area contributed by atoms with Gasteiger partial charge in [-0.3, -0.25) is 0 Å². The van der Waals surface area contributed by atoms with Crippen molar-refractivity contribution in [3.05, 3.63) is 11.8 Å². The van der Waals surface area contributed by atoms with Gasteiger partial charge in [-0.1, -0.05) is 0 Å². The van der Waals surface area contributed by atoms with Crippen molar-refractivity contribution in [1.29, 1.82) is 0 Å². The number of rotatable bonds is 0. The highest BCUT2D eigenvalue weighted by Crippen LogP contribution is 2.47. The Labute approximate surface area is 91.3 Å². The van der Waals surface area contributed by atoms with Crippen LogP contribution in [0.25, 0.3) is 0 Å². The van der Waals surface area contributed by atoms with Gasteiger partial charge < -0.3 is 4.74 Å². The summed E-state index contributed by atoms with van der Waals surface area (Å²) < 4.78 is 6.09. The van der Waals surface area contributed by atoms with E-state index in [-0.39, 0.29) is 0 Å². The number of ether oxygens (including phenoxy) is 1. The first-order chi connectivity index (χ1) is 6.86. The molecule has 1 nitrogen and oxygen atoms in total. The average Bonchev–Trinajstić information content (AvgIpc) is 2.59. The molecule has 1 aliphatic heterocycles. The van der Waals surface area contributed by atoms with E-state index in [4.69, 9.17) is 4.74 Å². The minimum absolute atomic E-state index is 0.481. The maximum Gasteiger partial charge on any atom is 0.150 e. The quantitative estimate of drug-likeness (QED) is 0.558. The van der Waals surface area contributed by atoms with E-state index in [1.807, 2.05) is 0 Å². The molecule has 0 aromatic rings. The molecule has 1 saturated carbocycles. The lowest BCUT2D eigenvalue weighted by Crippen LogP contribution is -2.35. The Morgan fingerprint density at radius 3 is 3.07 bits per heavy atom. The maximum absolute atomic E-state index is 6.09. The summed E-state index contributed by atoms with van der Waals surface area (Å²) in [7, 11) is 0.